The summed E-state index contributed by atoms with van der Waals surface area (Å²) < 4.78 is 40.4. The number of aromatic nitrogens is 2. The third kappa shape index (κ3) is 4.29. The molecule has 1 unspecified atom stereocenters. The van der Waals surface area contributed by atoms with Crippen molar-refractivity contribution in [1.29, 1.82) is 5.26 Å². The van der Waals surface area contributed by atoms with E-state index in [0.29, 0.717) is 11.4 Å². The molecule has 3 N–H and O–H groups in total. The van der Waals surface area contributed by atoms with Crippen molar-refractivity contribution in [3.8, 4) is 6.07 Å². The van der Waals surface area contributed by atoms with E-state index in [4.69, 9.17) is 0 Å². The molecule has 8 nitrogen and oxygen atoms in total. The molecule has 4 rings (SSSR count). The van der Waals surface area contributed by atoms with E-state index < -0.39 is 17.9 Å². The lowest BCUT2D eigenvalue weighted by Crippen LogP contribution is -2.43. The van der Waals surface area contributed by atoms with Gasteiger partial charge >= 0.3 is 6.18 Å². The third-order valence-corrected chi connectivity index (χ3v) is 5.69. The normalized spacial score (nSPS) is 24.4. The zero-order valence-corrected chi connectivity index (χ0v) is 16.8. The van der Waals surface area contributed by atoms with Crippen molar-refractivity contribution in [1.82, 2.24) is 25.1 Å². The number of hydrogen-bond donors (Lipinski definition) is 3. The quantitative estimate of drug-likeness (QED) is 0.685. The molecule has 0 radical (unpaired) electrons. The number of hydrogen-bond acceptors (Lipinski definition) is 6. The van der Waals surface area contributed by atoms with Gasteiger partial charge in [0.15, 0.2) is 5.69 Å². The molecule has 11 heteroatoms. The van der Waals surface area contributed by atoms with Gasteiger partial charge in [0.05, 0.1) is 11.6 Å². The van der Waals surface area contributed by atoms with E-state index in [9.17, 15) is 23.2 Å². The van der Waals surface area contributed by atoms with Crippen molar-refractivity contribution in [2.45, 2.75) is 50.0 Å². The van der Waals surface area contributed by atoms with E-state index in [1.54, 1.807) is 24.2 Å². The maximum Gasteiger partial charge on any atom is 0.434 e. The van der Waals surface area contributed by atoms with Crippen LogP contribution in [0.3, 0.4) is 0 Å². The molecule has 2 aromatic rings. The van der Waals surface area contributed by atoms with Crippen molar-refractivity contribution in [3.63, 3.8) is 0 Å². The molecule has 1 aliphatic heterocycles. The zero-order chi connectivity index (χ0) is 22.2. The molecule has 1 amide bonds. The van der Waals surface area contributed by atoms with Gasteiger partial charge in [-0.05, 0) is 37.8 Å². The van der Waals surface area contributed by atoms with Gasteiger partial charge in [-0.3, -0.25) is 9.20 Å². The molecule has 0 bridgehead atoms. The van der Waals surface area contributed by atoms with Crippen molar-refractivity contribution < 1.29 is 18.0 Å². The van der Waals surface area contributed by atoms with Gasteiger partial charge in [-0.1, -0.05) is 6.07 Å². The lowest BCUT2D eigenvalue weighted by Gasteiger charge is -2.30. The number of pyridine rings is 1. The number of nitrogens with zero attached hydrogens (tertiary/aromatic N) is 4. The highest BCUT2D eigenvalue weighted by Gasteiger charge is 2.34. The van der Waals surface area contributed by atoms with Crippen molar-refractivity contribution in [3.05, 3.63) is 41.9 Å². The van der Waals surface area contributed by atoms with Gasteiger partial charge in [0.1, 0.15) is 17.5 Å². The number of nitriles is 1. The monoisotopic (exact) mass is 433 g/mol. The summed E-state index contributed by atoms with van der Waals surface area (Å²) >= 11 is 0. The van der Waals surface area contributed by atoms with Gasteiger partial charge in [-0.15, -0.1) is 0 Å². The topological polar surface area (TPSA) is 97.5 Å². The Morgan fingerprint density at radius 1 is 1.26 bits per heavy atom. The minimum Gasteiger partial charge on any atom is -0.368 e. The maximum absolute atomic E-state index is 13.0. The Kier molecular flexibility index (Phi) is 5.49. The molecule has 31 heavy (non-hydrogen) atoms. The van der Waals surface area contributed by atoms with Crippen LogP contribution in [-0.4, -0.2) is 45.5 Å². The van der Waals surface area contributed by atoms with Gasteiger partial charge in [0.2, 0.25) is 0 Å². The molecule has 2 aromatic heterocycles. The third-order valence-electron chi connectivity index (χ3n) is 5.69. The molecule has 0 saturated heterocycles. The van der Waals surface area contributed by atoms with Crippen LogP contribution >= 0.6 is 0 Å². The fourth-order valence-electron chi connectivity index (χ4n) is 4.00. The highest BCUT2D eigenvalue weighted by atomic mass is 19.4. The Hall–Kier alpha value is -3.26. The number of carbonyl (C=O) groups is 1. The van der Waals surface area contributed by atoms with Crippen LogP contribution in [0, 0.1) is 11.3 Å². The van der Waals surface area contributed by atoms with Crippen LogP contribution in [0.25, 0.3) is 5.65 Å². The van der Waals surface area contributed by atoms with E-state index in [2.05, 4.69) is 27.1 Å². The second-order valence-corrected chi connectivity index (χ2v) is 7.80. The first-order valence-corrected chi connectivity index (χ1v) is 9.97. The van der Waals surface area contributed by atoms with Gasteiger partial charge in [0, 0.05) is 31.5 Å². The summed E-state index contributed by atoms with van der Waals surface area (Å²) in [5, 5.41) is 17.1. The van der Waals surface area contributed by atoms with Crippen LogP contribution in [0.15, 0.2) is 36.2 Å². The average Bonchev–Trinajstić information content (AvgIpc) is 3.33. The molecule has 164 valence electrons. The summed E-state index contributed by atoms with van der Waals surface area (Å²) in [6, 6.07) is 6.44. The minimum absolute atomic E-state index is 0.0161. The Bertz CT molecular complexity index is 1050. The molecule has 1 aliphatic carbocycles. The van der Waals surface area contributed by atoms with Crippen molar-refractivity contribution in [2.24, 2.45) is 0 Å². The minimum atomic E-state index is -4.50. The molecule has 2 aliphatic rings. The number of fused-ring (bicyclic) bond motifs is 1. The van der Waals surface area contributed by atoms with Gasteiger partial charge in [0.25, 0.3) is 5.91 Å². The Labute approximate surface area is 176 Å². The Morgan fingerprint density at radius 2 is 1.97 bits per heavy atom. The first kappa shape index (κ1) is 21.0. The number of anilines is 1. The highest BCUT2D eigenvalue weighted by Crippen LogP contribution is 2.30. The molecular weight excluding hydrogens is 411 g/mol. The van der Waals surface area contributed by atoms with Crippen LogP contribution in [0.2, 0.25) is 0 Å². The van der Waals surface area contributed by atoms with Crippen LogP contribution < -0.4 is 16.1 Å². The fourth-order valence-corrected chi connectivity index (χ4v) is 4.00. The number of alkyl halides is 3. The summed E-state index contributed by atoms with van der Waals surface area (Å²) in [6.45, 7) is 0. The number of carbonyl (C=O) groups excluding carboxylic acids is 1. The van der Waals surface area contributed by atoms with E-state index in [0.717, 1.165) is 31.9 Å². The summed E-state index contributed by atoms with van der Waals surface area (Å²) in [5.74, 6) is 0.290. The summed E-state index contributed by atoms with van der Waals surface area (Å²) in [7, 11) is 1.69. The highest BCUT2D eigenvalue weighted by molar-refractivity contribution is 5.95. The van der Waals surface area contributed by atoms with E-state index in [1.807, 2.05) is 0 Å². The molecular formula is C20H22F3N7O. The van der Waals surface area contributed by atoms with Gasteiger partial charge in [-0.25, -0.2) is 9.99 Å². The number of halogens is 3. The van der Waals surface area contributed by atoms with Gasteiger partial charge < -0.3 is 16.1 Å². The lowest BCUT2D eigenvalue weighted by molar-refractivity contribution is -0.140. The Balaban J connectivity index is 1.35. The van der Waals surface area contributed by atoms with Gasteiger partial charge in [-0.2, -0.15) is 18.4 Å². The lowest BCUT2D eigenvalue weighted by atomic mass is 9.90. The average molecular weight is 433 g/mol. The second kappa shape index (κ2) is 8.11. The van der Waals surface area contributed by atoms with E-state index in [1.165, 1.54) is 16.7 Å². The summed E-state index contributed by atoms with van der Waals surface area (Å²) in [5.41, 5.74) is 2.54. The van der Waals surface area contributed by atoms with E-state index in [-0.39, 0.29) is 23.6 Å². The van der Waals surface area contributed by atoms with E-state index >= 15 is 0 Å². The first-order chi connectivity index (χ1) is 14.8. The SMILES string of the molecule is CN1NC=C(C(=O)NC2CCC(Nc3cccc4nc(C(F)(F)F)cn34)CC2)C1C#N. The molecule has 1 atom stereocenters. The number of imidazole rings is 1. The Morgan fingerprint density at radius 3 is 2.65 bits per heavy atom. The van der Waals surface area contributed by atoms with Crippen LogP contribution in [0.5, 0.6) is 0 Å². The predicted molar refractivity (Wildman–Crippen MR) is 106 cm³/mol. The number of likely N-dealkylation sites (N-methyl/N-ethyl adjacent to an activating group) is 1. The van der Waals surface area contributed by atoms with Crippen molar-refractivity contribution in [2.75, 3.05) is 12.4 Å². The maximum atomic E-state index is 13.0. The van der Waals surface area contributed by atoms with Crippen LogP contribution in [-0.2, 0) is 11.0 Å². The molecule has 3 heterocycles. The number of rotatable bonds is 4. The predicted octanol–water partition coefficient (Wildman–Crippen LogP) is 2.42. The zero-order valence-electron chi connectivity index (χ0n) is 16.8. The fraction of sp³-hybridized carbons (Fsp3) is 0.450. The molecule has 0 spiro atoms. The number of amides is 1. The standard InChI is InChI=1S/C20H22F3N7O/c1-29-15(9-24)14(10-25-29)19(31)27-13-7-5-12(6-8-13)26-17-3-2-4-18-28-16(11-30(17)18)20(21,22)23/h2-4,10-13,15,25-26H,5-8H2,1H3,(H,27,31). The van der Waals surface area contributed by atoms with Crippen molar-refractivity contribution >= 4 is 17.4 Å². The smallest absolute Gasteiger partial charge is 0.368 e. The molecule has 0 aromatic carbocycles. The number of hydrazine groups is 1. The molecule has 1 saturated carbocycles. The first-order valence-electron chi connectivity index (χ1n) is 9.97. The summed E-state index contributed by atoms with van der Waals surface area (Å²) in [4.78, 5) is 16.2. The summed E-state index contributed by atoms with van der Waals surface area (Å²) in [6.07, 6.45) is 0.994. The second-order valence-electron chi connectivity index (χ2n) is 7.80. The molecule has 1 fully saturated rings. The largest absolute Gasteiger partial charge is 0.434 e. The van der Waals surface area contributed by atoms with Crippen LogP contribution in [0.1, 0.15) is 31.4 Å². The number of nitrogens with one attached hydrogen (secondary N) is 3. The van der Waals surface area contributed by atoms with Crippen LogP contribution in [0.4, 0.5) is 19.0 Å².